The zero-order valence-electron chi connectivity index (χ0n) is 10.6. The van der Waals surface area contributed by atoms with E-state index < -0.39 is 0 Å². The van der Waals surface area contributed by atoms with E-state index in [4.69, 9.17) is 0 Å². The van der Waals surface area contributed by atoms with Crippen LogP contribution in [0.15, 0.2) is 30.7 Å². The summed E-state index contributed by atoms with van der Waals surface area (Å²) >= 11 is 0. The molecule has 0 saturated carbocycles. The maximum absolute atomic E-state index is 4.53. The Balaban J connectivity index is 1.76. The Morgan fingerprint density at radius 2 is 1.89 bits per heavy atom. The predicted molar refractivity (Wildman–Crippen MR) is 71.9 cm³/mol. The first-order valence-electron chi connectivity index (χ1n) is 6.52. The molecule has 3 heterocycles. The number of nitrogens with one attached hydrogen (secondary N) is 2. The minimum atomic E-state index is 0.328. The fraction of sp³-hybridized carbons (Fsp3) is 0.385. The van der Waals surface area contributed by atoms with Crippen LogP contribution in [0, 0.1) is 0 Å². The van der Waals surface area contributed by atoms with Gasteiger partial charge >= 0.3 is 0 Å². The Bertz CT molecular complexity index is 524. The largest absolute Gasteiger partial charge is 0.309 e. The van der Waals surface area contributed by atoms with Gasteiger partial charge in [-0.3, -0.25) is 5.32 Å². The summed E-state index contributed by atoms with van der Waals surface area (Å²) < 4.78 is 0. The van der Waals surface area contributed by atoms with Gasteiger partial charge in [0.25, 0.3) is 0 Å². The average molecular weight is 256 g/mol. The van der Waals surface area contributed by atoms with Gasteiger partial charge < -0.3 is 5.32 Å². The molecular weight excluding hydrogens is 240 g/mol. The third-order valence-electron chi connectivity index (χ3n) is 3.13. The first kappa shape index (κ1) is 12.0. The number of anilines is 2. The molecule has 1 fully saturated rings. The van der Waals surface area contributed by atoms with Crippen molar-refractivity contribution < 1.29 is 0 Å². The number of piperidine rings is 1. The molecule has 19 heavy (non-hydrogen) atoms. The summed E-state index contributed by atoms with van der Waals surface area (Å²) in [6.07, 6.45) is 8.74. The molecule has 1 aliphatic heterocycles. The van der Waals surface area contributed by atoms with E-state index in [0.717, 1.165) is 18.7 Å². The lowest BCUT2D eigenvalue weighted by Gasteiger charge is -2.22. The van der Waals surface area contributed by atoms with Gasteiger partial charge in [0.15, 0.2) is 0 Å². The molecule has 0 aliphatic carbocycles. The minimum absolute atomic E-state index is 0.328. The topological polar surface area (TPSA) is 75.6 Å². The molecule has 1 aliphatic rings. The number of hydrogen-bond donors (Lipinski definition) is 2. The quantitative estimate of drug-likeness (QED) is 0.872. The fourth-order valence-corrected chi connectivity index (χ4v) is 2.19. The Labute approximate surface area is 111 Å². The van der Waals surface area contributed by atoms with Crippen LogP contribution in [-0.4, -0.2) is 26.5 Å². The summed E-state index contributed by atoms with van der Waals surface area (Å²) in [6.45, 7) is 1.05. The van der Waals surface area contributed by atoms with Gasteiger partial charge in [-0.25, -0.2) is 19.9 Å². The van der Waals surface area contributed by atoms with E-state index in [-0.39, 0.29) is 0 Å². The highest BCUT2D eigenvalue weighted by Gasteiger charge is 2.16. The van der Waals surface area contributed by atoms with Gasteiger partial charge in [0.1, 0.15) is 0 Å². The molecule has 0 unspecified atom stereocenters. The van der Waals surface area contributed by atoms with Crippen molar-refractivity contribution in [3.05, 3.63) is 36.4 Å². The average Bonchev–Trinajstić information content (AvgIpc) is 2.49. The molecule has 0 amide bonds. The zero-order valence-corrected chi connectivity index (χ0v) is 10.6. The second-order valence-electron chi connectivity index (χ2n) is 4.51. The molecule has 2 aromatic rings. The van der Waals surface area contributed by atoms with Crippen molar-refractivity contribution in [3.8, 4) is 0 Å². The Morgan fingerprint density at radius 3 is 2.68 bits per heavy atom. The summed E-state index contributed by atoms with van der Waals surface area (Å²) in [5.41, 5.74) is 1.02. The summed E-state index contributed by atoms with van der Waals surface area (Å²) in [5, 5.41) is 6.49. The highest BCUT2D eigenvalue weighted by molar-refractivity contribution is 5.41. The molecular formula is C13H16N6. The molecule has 3 rings (SSSR count). The smallest absolute Gasteiger partial charge is 0.229 e. The maximum Gasteiger partial charge on any atom is 0.229 e. The lowest BCUT2D eigenvalue weighted by atomic mass is 10.0. The highest BCUT2D eigenvalue weighted by atomic mass is 15.2. The highest BCUT2D eigenvalue weighted by Crippen LogP contribution is 2.21. The molecule has 1 saturated heterocycles. The van der Waals surface area contributed by atoms with Crippen molar-refractivity contribution in [1.29, 1.82) is 0 Å². The van der Waals surface area contributed by atoms with Crippen molar-refractivity contribution in [1.82, 2.24) is 25.3 Å². The van der Waals surface area contributed by atoms with Gasteiger partial charge in [0.2, 0.25) is 11.9 Å². The number of aromatic nitrogens is 4. The SMILES string of the molecule is c1cnc(Nc2nccc([C@H]3CCCCN3)n2)nc1. The second-order valence-corrected chi connectivity index (χ2v) is 4.51. The van der Waals surface area contributed by atoms with Gasteiger partial charge in [-0.2, -0.15) is 0 Å². The number of nitrogens with zero attached hydrogens (tertiary/aromatic N) is 4. The van der Waals surface area contributed by atoms with Gasteiger partial charge in [0.05, 0.1) is 5.69 Å². The van der Waals surface area contributed by atoms with Gasteiger partial charge in [-0.15, -0.1) is 0 Å². The first-order valence-corrected chi connectivity index (χ1v) is 6.52. The summed E-state index contributed by atoms with van der Waals surface area (Å²) in [4.78, 5) is 16.9. The van der Waals surface area contributed by atoms with Crippen LogP contribution in [0.5, 0.6) is 0 Å². The molecule has 0 aromatic carbocycles. The Kier molecular flexibility index (Phi) is 3.60. The van der Waals surface area contributed by atoms with E-state index in [1.165, 1.54) is 12.8 Å². The van der Waals surface area contributed by atoms with Crippen molar-refractivity contribution in [3.63, 3.8) is 0 Å². The molecule has 1 atom stereocenters. The van der Waals surface area contributed by atoms with Crippen LogP contribution in [0.3, 0.4) is 0 Å². The van der Waals surface area contributed by atoms with Crippen LogP contribution in [0.25, 0.3) is 0 Å². The Hall–Kier alpha value is -2.08. The summed E-state index contributed by atoms with van der Waals surface area (Å²) in [5.74, 6) is 1.05. The van der Waals surface area contributed by atoms with Crippen molar-refractivity contribution in [2.24, 2.45) is 0 Å². The molecule has 0 radical (unpaired) electrons. The van der Waals surface area contributed by atoms with Gasteiger partial charge in [0, 0.05) is 24.6 Å². The monoisotopic (exact) mass is 256 g/mol. The lowest BCUT2D eigenvalue weighted by molar-refractivity contribution is 0.405. The van der Waals surface area contributed by atoms with Crippen LogP contribution < -0.4 is 10.6 Å². The van der Waals surface area contributed by atoms with Gasteiger partial charge in [-0.1, -0.05) is 6.42 Å². The lowest BCUT2D eigenvalue weighted by Crippen LogP contribution is -2.27. The van der Waals surface area contributed by atoms with Crippen LogP contribution in [0.1, 0.15) is 31.0 Å². The molecule has 2 aromatic heterocycles. The molecule has 6 heteroatoms. The normalized spacial score (nSPS) is 19.1. The molecule has 0 spiro atoms. The van der Waals surface area contributed by atoms with Crippen LogP contribution in [0.2, 0.25) is 0 Å². The molecule has 98 valence electrons. The third kappa shape index (κ3) is 3.03. The second kappa shape index (κ2) is 5.71. The van der Waals surface area contributed by atoms with E-state index in [1.807, 2.05) is 6.07 Å². The van der Waals surface area contributed by atoms with Gasteiger partial charge in [-0.05, 0) is 31.5 Å². The number of rotatable bonds is 3. The van der Waals surface area contributed by atoms with Crippen LogP contribution in [0.4, 0.5) is 11.9 Å². The minimum Gasteiger partial charge on any atom is -0.309 e. The summed E-state index contributed by atoms with van der Waals surface area (Å²) in [6, 6.07) is 4.06. The maximum atomic E-state index is 4.53. The predicted octanol–water partition coefficient (Wildman–Crippen LogP) is 1.82. The standard InChI is InChI=1S/C13H16N6/c1-2-6-14-10(4-1)11-5-9-17-13(18-11)19-12-15-7-3-8-16-12/h3,5,7-10,14H,1-2,4,6H2,(H,15,16,17,18,19)/t10-/m1/s1. The third-order valence-corrected chi connectivity index (χ3v) is 3.13. The summed E-state index contributed by atoms with van der Waals surface area (Å²) in [7, 11) is 0. The van der Waals surface area contributed by atoms with E-state index in [1.54, 1.807) is 24.7 Å². The molecule has 0 bridgehead atoms. The molecule has 2 N–H and O–H groups in total. The van der Waals surface area contributed by atoms with E-state index in [2.05, 4.69) is 30.6 Å². The van der Waals surface area contributed by atoms with Crippen molar-refractivity contribution in [2.45, 2.75) is 25.3 Å². The van der Waals surface area contributed by atoms with E-state index in [9.17, 15) is 0 Å². The van der Waals surface area contributed by atoms with Crippen molar-refractivity contribution >= 4 is 11.9 Å². The fourth-order valence-electron chi connectivity index (χ4n) is 2.19. The first-order chi connectivity index (χ1) is 9.42. The van der Waals surface area contributed by atoms with Crippen LogP contribution >= 0.6 is 0 Å². The Morgan fingerprint density at radius 1 is 1.05 bits per heavy atom. The number of hydrogen-bond acceptors (Lipinski definition) is 6. The van der Waals surface area contributed by atoms with E-state index in [0.29, 0.717) is 17.9 Å². The van der Waals surface area contributed by atoms with Crippen molar-refractivity contribution in [2.75, 3.05) is 11.9 Å². The molecule has 6 nitrogen and oxygen atoms in total. The van der Waals surface area contributed by atoms with E-state index >= 15 is 0 Å². The van der Waals surface area contributed by atoms with Crippen LogP contribution in [-0.2, 0) is 0 Å². The zero-order chi connectivity index (χ0) is 12.9.